The second-order valence-corrected chi connectivity index (χ2v) is 5.41. The molecule has 1 unspecified atom stereocenters. The highest BCUT2D eigenvalue weighted by atomic mass is 16.5. The summed E-state index contributed by atoms with van der Waals surface area (Å²) in [6.45, 7) is 0.430. The van der Waals surface area contributed by atoms with Gasteiger partial charge in [-0.25, -0.2) is 9.59 Å². The summed E-state index contributed by atoms with van der Waals surface area (Å²) < 4.78 is 15.9. The molecule has 2 aromatic carbocycles. The number of rotatable bonds is 10. The molecule has 138 valence electrons. The number of para-hydroxylation sites is 1. The van der Waals surface area contributed by atoms with Crippen LogP contribution in [0.5, 0.6) is 11.5 Å². The molecule has 0 aromatic heterocycles. The number of hydrogen-bond donors (Lipinski definition) is 2. The number of methoxy groups -OCH3 is 1. The van der Waals surface area contributed by atoms with Crippen molar-refractivity contribution in [3.63, 3.8) is 0 Å². The van der Waals surface area contributed by atoms with Gasteiger partial charge in [0.1, 0.15) is 30.3 Å². The molecule has 0 heterocycles. The minimum atomic E-state index is -1.05. The van der Waals surface area contributed by atoms with E-state index in [9.17, 15) is 9.59 Å². The zero-order chi connectivity index (χ0) is 18.9. The number of benzene rings is 2. The summed E-state index contributed by atoms with van der Waals surface area (Å²) in [6.07, 6.45) is -0.620. The minimum absolute atomic E-state index is 0.1000. The first kappa shape index (κ1) is 19.3. The summed E-state index contributed by atoms with van der Waals surface area (Å²) in [6, 6.07) is 13.4. The SMILES string of the molecule is COC(Cc1ccc(OCCOc2ccccc2C(=O)O)cc1)C(=O)O. The van der Waals surface area contributed by atoms with Crippen molar-refractivity contribution in [3.8, 4) is 11.5 Å². The van der Waals surface area contributed by atoms with Crippen LogP contribution in [0, 0.1) is 0 Å². The van der Waals surface area contributed by atoms with Gasteiger partial charge in [0.25, 0.3) is 0 Å². The van der Waals surface area contributed by atoms with Crippen molar-refractivity contribution in [1.29, 1.82) is 0 Å². The molecule has 0 fully saturated rings. The molecule has 26 heavy (non-hydrogen) atoms. The number of carboxylic acid groups (broad SMARTS) is 2. The highest BCUT2D eigenvalue weighted by molar-refractivity contribution is 5.90. The van der Waals surface area contributed by atoms with Gasteiger partial charge >= 0.3 is 11.9 Å². The minimum Gasteiger partial charge on any atom is -0.490 e. The summed E-state index contributed by atoms with van der Waals surface area (Å²) in [5.74, 6) is -1.16. The molecule has 0 saturated heterocycles. The van der Waals surface area contributed by atoms with Gasteiger partial charge in [0, 0.05) is 13.5 Å². The fourth-order valence-electron chi connectivity index (χ4n) is 2.29. The molecule has 0 radical (unpaired) electrons. The Kier molecular flexibility index (Phi) is 6.99. The van der Waals surface area contributed by atoms with Crippen LogP contribution >= 0.6 is 0 Å². The van der Waals surface area contributed by atoms with Crippen molar-refractivity contribution >= 4 is 11.9 Å². The normalized spacial score (nSPS) is 11.6. The van der Waals surface area contributed by atoms with Crippen molar-refractivity contribution in [2.45, 2.75) is 12.5 Å². The summed E-state index contributed by atoms with van der Waals surface area (Å²) in [5, 5.41) is 18.1. The second kappa shape index (κ2) is 9.43. The Morgan fingerprint density at radius 2 is 1.62 bits per heavy atom. The Balaban J connectivity index is 1.82. The average Bonchev–Trinajstić information content (AvgIpc) is 2.64. The molecule has 7 nitrogen and oxygen atoms in total. The number of carbonyl (C=O) groups is 2. The molecule has 7 heteroatoms. The third-order valence-electron chi connectivity index (χ3n) is 3.63. The summed E-state index contributed by atoms with van der Waals surface area (Å²) >= 11 is 0. The summed E-state index contributed by atoms with van der Waals surface area (Å²) in [4.78, 5) is 22.1. The fourth-order valence-corrected chi connectivity index (χ4v) is 2.29. The van der Waals surface area contributed by atoms with E-state index in [1.807, 2.05) is 0 Å². The zero-order valence-electron chi connectivity index (χ0n) is 14.3. The zero-order valence-corrected chi connectivity index (χ0v) is 14.3. The third kappa shape index (κ3) is 5.49. The molecular weight excluding hydrogens is 340 g/mol. The lowest BCUT2D eigenvalue weighted by Gasteiger charge is -2.12. The van der Waals surface area contributed by atoms with E-state index >= 15 is 0 Å². The monoisotopic (exact) mass is 360 g/mol. The van der Waals surface area contributed by atoms with Gasteiger partial charge in [0.2, 0.25) is 0 Å². The van der Waals surface area contributed by atoms with E-state index in [1.165, 1.54) is 13.2 Å². The number of carboxylic acids is 2. The largest absolute Gasteiger partial charge is 0.490 e. The first-order valence-corrected chi connectivity index (χ1v) is 7.93. The van der Waals surface area contributed by atoms with Crippen LogP contribution in [0.2, 0.25) is 0 Å². The topological polar surface area (TPSA) is 102 Å². The van der Waals surface area contributed by atoms with Gasteiger partial charge in [-0.15, -0.1) is 0 Å². The lowest BCUT2D eigenvalue weighted by atomic mass is 10.1. The average molecular weight is 360 g/mol. The van der Waals surface area contributed by atoms with E-state index in [4.69, 9.17) is 24.4 Å². The van der Waals surface area contributed by atoms with Crippen molar-refractivity contribution in [1.82, 2.24) is 0 Å². The van der Waals surface area contributed by atoms with Crippen molar-refractivity contribution in [2.24, 2.45) is 0 Å². The first-order chi connectivity index (χ1) is 12.5. The van der Waals surface area contributed by atoms with Gasteiger partial charge in [-0.05, 0) is 29.8 Å². The maximum absolute atomic E-state index is 11.1. The molecule has 2 aromatic rings. The lowest BCUT2D eigenvalue weighted by Crippen LogP contribution is -2.24. The molecule has 0 aliphatic rings. The second-order valence-electron chi connectivity index (χ2n) is 5.41. The highest BCUT2D eigenvalue weighted by Crippen LogP contribution is 2.18. The maximum Gasteiger partial charge on any atom is 0.339 e. The van der Waals surface area contributed by atoms with Crippen molar-refractivity contribution < 1.29 is 34.0 Å². The van der Waals surface area contributed by atoms with Gasteiger partial charge in [-0.1, -0.05) is 24.3 Å². The standard InChI is InChI=1S/C19H20O7/c1-24-17(19(22)23)12-13-6-8-14(9-7-13)25-10-11-26-16-5-3-2-4-15(16)18(20)21/h2-9,17H,10-12H2,1H3,(H,20,21)(H,22,23). The van der Waals surface area contributed by atoms with Crippen molar-refractivity contribution in [3.05, 3.63) is 59.7 Å². The summed E-state index contributed by atoms with van der Waals surface area (Å²) in [7, 11) is 1.36. The maximum atomic E-state index is 11.1. The molecule has 0 spiro atoms. The number of hydrogen-bond acceptors (Lipinski definition) is 5. The van der Waals surface area contributed by atoms with Crippen LogP contribution < -0.4 is 9.47 Å². The van der Waals surface area contributed by atoms with Gasteiger partial charge in [0.05, 0.1) is 0 Å². The Bertz CT molecular complexity index is 740. The quantitative estimate of drug-likeness (QED) is 0.628. The van der Waals surface area contributed by atoms with Crippen LogP contribution in [-0.4, -0.2) is 48.6 Å². The molecule has 0 amide bonds. The lowest BCUT2D eigenvalue weighted by molar-refractivity contribution is -0.148. The van der Waals surface area contributed by atoms with Gasteiger partial charge in [0.15, 0.2) is 6.10 Å². The van der Waals surface area contributed by atoms with Crippen molar-refractivity contribution in [2.75, 3.05) is 20.3 Å². The van der Waals surface area contributed by atoms with Crippen LogP contribution in [0.15, 0.2) is 48.5 Å². The highest BCUT2D eigenvalue weighted by Gasteiger charge is 2.16. The van der Waals surface area contributed by atoms with E-state index in [0.717, 1.165) is 5.56 Å². The molecular formula is C19H20O7. The first-order valence-electron chi connectivity index (χ1n) is 7.93. The summed E-state index contributed by atoms with van der Waals surface area (Å²) in [5.41, 5.74) is 0.918. The Labute approximate surface area is 150 Å². The Hall–Kier alpha value is -3.06. The molecule has 1 atom stereocenters. The van der Waals surface area contributed by atoms with Crippen LogP contribution in [0.25, 0.3) is 0 Å². The molecule has 0 saturated carbocycles. The number of ether oxygens (including phenoxy) is 3. The van der Waals surface area contributed by atoms with E-state index in [2.05, 4.69) is 0 Å². The molecule has 2 N–H and O–H groups in total. The van der Waals surface area contributed by atoms with Gasteiger partial charge in [-0.2, -0.15) is 0 Å². The molecule has 2 rings (SSSR count). The smallest absolute Gasteiger partial charge is 0.339 e. The van der Waals surface area contributed by atoms with Gasteiger partial charge in [-0.3, -0.25) is 0 Å². The van der Waals surface area contributed by atoms with Gasteiger partial charge < -0.3 is 24.4 Å². The molecule has 0 bridgehead atoms. The molecule has 0 aliphatic heterocycles. The van der Waals surface area contributed by atoms with Crippen LogP contribution in [0.4, 0.5) is 0 Å². The van der Waals surface area contributed by atoms with Crippen LogP contribution in [0.3, 0.4) is 0 Å². The third-order valence-corrected chi connectivity index (χ3v) is 3.63. The van der Waals surface area contributed by atoms with E-state index in [0.29, 0.717) is 11.5 Å². The number of aliphatic carboxylic acids is 1. The van der Waals surface area contributed by atoms with E-state index in [-0.39, 0.29) is 25.2 Å². The predicted molar refractivity (Wildman–Crippen MR) is 93.0 cm³/mol. The predicted octanol–water partition coefficient (Wildman–Crippen LogP) is 2.48. The van der Waals surface area contributed by atoms with Crippen LogP contribution in [0.1, 0.15) is 15.9 Å². The Morgan fingerprint density at radius 3 is 2.23 bits per heavy atom. The van der Waals surface area contributed by atoms with Crippen LogP contribution in [-0.2, 0) is 16.0 Å². The molecule has 0 aliphatic carbocycles. The van der Waals surface area contributed by atoms with E-state index < -0.39 is 18.0 Å². The van der Waals surface area contributed by atoms with E-state index in [1.54, 1.807) is 42.5 Å². The Morgan fingerprint density at radius 1 is 0.962 bits per heavy atom. The number of aromatic carboxylic acids is 1. The fraction of sp³-hybridized carbons (Fsp3) is 0.263.